The number of ether oxygens (including phenoxy) is 2. The molecule has 0 saturated heterocycles. The fourth-order valence-corrected chi connectivity index (χ4v) is 4.12. The van der Waals surface area contributed by atoms with Crippen LogP contribution in [0.3, 0.4) is 0 Å². The largest absolute Gasteiger partial charge is 0.505 e. The van der Waals surface area contributed by atoms with Gasteiger partial charge < -0.3 is 19.9 Å². The van der Waals surface area contributed by atoms with Crippen molar-refractivity contribution in [3.05, 3.63) is 95.8 Å². The van der Waals surface area contributed by atoms with E-state index in [4.69, 9.17) is 9.47 Å². The molecule has 198 valence electrons. The zero-order chi connectivity index (χ0) is 28.0. The molecule has 0 radical (unpaired) electrons. The topological polar surface area (TPSA) is 122 Å². The summed E-state index contributed by atoms with van der Waals surface area (Å²) < 4.78 is 11.3. The summed E-state index contributed by atoms with van der Waals surface area (Å²) in [4.78, 5) is 30.1. The van der Waals surface area contributed by atoms with Gasteiger partial charge in [-0.05, 0) is 63.1 Å². The molecule has 8 nitrogen and oxygen atoms in total. The number of carbonyl (C=O) groups is 2. The summed E-state index contributed by atoms with van der Waals surface area (Å²) in [5.41, 5.74) is -0.122. The number of nitriles is 1. The van der Waals surface area contributed by atoms with Crippen LogP contribution >= 0.6 is 0 Å². The van der Waals surface area contributed by atoms with Crippen molar-refractivity contribution in [2.45, 2.75) is 45.3 Å². The number of fused-ring (bicyclic) bond motifs is 1. The number of hydrogen-bond acceptors (Lipinski definition) is 7. The van der Waals surface area contributed by atoms with Gasteiger partial charge in [0.1, 0.15) is 28.9 Å². The number of pyridine rings is 1. The van der Waals surface area contributed by atoms with E-state index in [1.807, 2.05) is 54.6 Å². The first-order valence-electron chi connectivity index (χ1n) is 12.5. The maximum absolute atomic E-state index is 13.3. The Hall–Kier alpha value is -4.90. The summed E-state index contributed by atoms with van der Waals surface area (Å²) >= 11 is 0. The van der Waals surface area contributed by atoms with Crippen LogP contribution in [-0.4, -0.2) is 33.6 Å². The summed E-state index contributed by atoms with van der Waals surface area (Å²) in [5.74, 6) is -0.492. The Labute approximate surface area is 226 Å². The van der Waals surface area contributed by atoms with Crippen LogP contribution in [0.1, 0.15) is 48.9 Å². The Morgan fingerprint density at radius 3 is 2.28 bits per heavy atom. The fraction of sp³-hybridized carbons (Fsp3) is 0.226. The minimum atomic E-state index is -0.708. The molecule has 1 atom stereocenters. The van der Waals surface area contributed by atoms with E-state index in [0.29, 0.717) is 23.3 Å². The van der Waals surface area contributed by atoms with Crippen LogP contribution in [0, 0.1) is 11.3 Å². The van der Waals surface area contributed by atoms with Gasteiger partial charge in [-0.2, -0.15) is 5.26 Å². The van der Waals surface area contributed by atoms with E-state index in [1.54, 1.807) is 51.1 Å². The first-order valence-corrected chi connectivity index (χ1v) is 12.5. The Kier molecular flexibility index (Phi) is 8.11. The summed E-state index contributed by atoms with van der Waals surface area (Å²) in [6, 6.07) is 24.7. The van der Waals surface area contributed by atoms with E-state index >= 15 is 0 Å². The minimum Gasteiger partial charge on any atom is -0.505 e. The second kappa shape index (κ2) is 11.7. The van der Waals surface area contributed by atoms with Gasteiger partial charge in [0.25, 0.3) is 5.91 Å². The third kappa shape index (κ3) is 7.11. The fourth-order valence-electron chi connectivity index (χ4n) is 4.12. The molecule has 8 heteroatoms. The van der Waals surface area contributed by atoms with Crippen LogP contribution < -0.4 is 10.1 Å². The van der Waals surface area contributed by atoms with Crippen molar-refractivity contribution in [2.24, 2.45) is 0 Å². The standard InChI is InChI=1S/C31H29N3O5/c1-31(2,3)39-27(35)17-21(16-20-10-6-4-7-11-20)33-30(37)28-29(36)24-15-14-23(18-25(24)26(19-32)34-28)38-22-12-8-5-9-13-22/h4-15,18,21,36H,16-17H2,1-3H3,(H,33,37). The predicted octanol–water partition coefficient (Wildman–Crippen LogP) is 5.68. The van der Waals surface area contributed by atoms with Crippen LogP contribution in [0.25, 0.3) is 10.8 Å². The summed E-state index contributed by atoms with van der Waals surface area (Å²) in [7, 11) is 0. The highest BCUT2D eigenvalue weighted by Gasteiger charge is 2.26. The lowest BCUT2D eigenvalue weighted by atomic mass is 10.0. The molecule has 4 aromatic rings. The van der Waals surface area contributed by atoms with Crippen molar-refractivity contribution in [1.82, 2.24) is 10.3 Å². The molecule has 4 rings (SSSR count). The van der Waals surface area contributed by atoms with Gasteiger partial charge in [0, 0.05) is 16.8 Å². The number of aromatic hydroxyl groups is 1. The molecule has 0 aliphatic heterocycles. The smallest absolute Gasteiger partial charge is 0.308 e. The predicted molar refractivity (Wildman–Crippen MR) is 147 cm³/mol. The molecule has 2 N–H and O–H groups in total. The average Bonchev–Trinajstić information content (AvgIpc) is 2.89. The SMILES string of the molecule is CC(C)(C)OC(=O)CC(Cc1ccccc1)NC(=O)c1nc(C#N)c2cc(Oc3ccccc3)ccc2c1O. The van der Waals surface area contributed by atoms with Crippen LogP contribution in [0.2, 0.25) is 0 Å². The Balaban J connectivity index is 1.62. The average molecular weight is 524 g/mol. The molecule has 0 spiro atoms. The van der Waals surface area contributed by atoms with Crippen molar-refractivity contribution in [1.29, 1.82) is 5.26 Å². The minimum absolute atomic E-state index is 0.0433. The second-order valence-electron chi connectivity index (χ2n) is 10.0. The van der Waals surface area contributed by atoms with E-state index in [0.717, 1.165) is 5.56 Å². The summed E-state index contributed by atoms with van der Waals surface area (Å²) in [5, 5.41) is 24.2. The van der Waals surface area contributed by atoms with Crippen molar-refractivity contribution >= 4 is 22.6 Å². The van der Waals surface area contributed by atoms with E-state index < -0.39 is 23.5 Å². The van der Waals surface area contributed by atoms with E-state index in [1.165, 1.54) is 0 Å². The first kappa shape index (κ1) is 27.1. The quantitative estimate of drug-likeness (QED) is 0.285. The van der Waals surface area contributed by atoms with Crippen molar-refractivity contribution < 1.29 is 24.2 Å². The molecule has 3 aromatic carbocycles. The first-order chi connectivity index (χ1) is 18.6. The van der Waals surface area contributed by atoms with Crippen LogP contribution in [0.5, 0.6) is 17.2 Å². The van der Waals surface area contributed by atoms with Gasteiger partial charge in [-0.3, -0.25) is 9.59 Å². The molecule has 0 aliphatic rings. The van der Waals surface area contributed by atoms with Crippen molar-refractivity contribution in [2.75, 3.05) is 0 Å². The number of amides is 1. The number of esters is 1. The molecular weight excluding hydrogens is 494 g/mol. The number of aromatic nitrogens is 1. The van der Waals surface area contributed by atoms with E-state index in [-0.39, 0.29) is 28.9 Å². The van der Waals surface area contributed by atoms with E-state index in [2.05, 4.69) is 10.3 Å². The lowest BCUT2D eigenvalue weighted by Gasteiger charge is -2.23. The number of nitrogens with zero attached hydrogens (tertiary/aromatic N) is 2. The molecule has 1 aromatic heterocycles. The number of carbonyl (C=O) groups excluding carboxylic acids is 2. The molecule has 1 amide bonds. The number of nitrogens with one attached hydrogen (secondary N) is 1. The van der Waals surface area contributed by atoms with Gasteiger partial charge in [0.2, 0.25) is 0 Å². The zero-order valence-electron chi connectivity index (χ0n) is 22.0. The van der Waals surface area contributed by atoms with Crippen LogP contribution in [0.4, 0.5) is 0 Å². The zero-order valence-corrected chi connectivity index (χ0v) is 22.0. The Morgan fingerprint density at radius 1 is 0.974 bits per heavy atom. The third-order valence-corrected chi connectivity index (χ3v) is 5.74. The number of hydrogen-bond donors (Lipinski definition) is 2. The highest BCUT2D eigenvalue weighted by Crippen LogP contribution is 2.33. The normalized spacial score (nSPS) is 11.8. The maximum atomic E-state index is 13.3. The Bertz CT molecular complexity index is 1520. The summed E-state index contributed by atoms with van der Waals surface area (Å²) in [6.45, 7) is 5.31. The van der Waals surface area contributed by atoms with Crippen LogP contribution in [-0.2, 0) is 16.0 Å². The molecule has 39 heavy (non-hydrogen) atoms. The number of para-hydroxylation sites is 1. The van der Waals surface area contributed by atoms with Crippen molar-refractivity contribution in [3.63, 3.8) is 0 Å². The van der Waals surface area contributed by atoms with Gasteiger partial charge in [-0.1, -0.05) is 48.5 Å². The highest BCUT2D eigenvalue weighted by molar-refractivity contribution is 6.03. The molecule has 0 saturated carbocycles. The monoisotopic (exact) mass is 523 g/mol. The van der Waals surface area contributed by atoms with Crippen molar-refractivity contribution in [3.8, 4) is 23.3 Å². The lowest BCUT2D eigenvalue weighted by Crippen LogP contribution is -2.40. The lowest BCUT2D eigenvalue weighted by molar-refractivity contribution is -0.155. The molecule has 1 heterocycles. The Morgan fingerprint density at radius 2 is 1.64 bits per heavy atom. The number of rotatable bonds is 8. The van der Waals surface area contributed by atoms with Gasteiger partial charge in [-0.25, -0.2) is 4.98 Å². The maximum Gasteiger partial charge on any atom is 0.308 e. The third-order valence-electron chi connectivity index (χ3n) is 5.74. The van der Waals surface area contributed by atoms with Crippen LogP contribution in [0.15, 0.2) is 78.9 Å². The molecular formula is C31H29N3O5. The van der Waals surface area contributed by atoms with Gasteiger partial charge in [-0.15, -0.1) is 0 Å². The molecule has 0 bridgehead atoms. The van der Waals surface area contributed by atoms with E-state index in [9.17, 15) is 20.0 Å². The molecule has 0 aliphatic carbocycles. The van der Waals surface area contributed by atoms with Gasteiger partial charge in [0.15, 0.2) is 11.4 Å². The summed E-state index contributed by atoms with van der Waals surface area (Å²) in [6.07, 6.45) is 0.267. The highest BCUT2D eigenvalue weighted by atomic mass is 16.6. The number of benzene rings is 3. The van der Waals surface area contributed by atoms with Gasteiger partial charge in [0.05, 0.1) is 6.42 Å². The molecule has 1 unspecified atom stereocenters. The molecule has 0 fully saturated rings. The van der Waals surface area contributed by atoms with Gasteiger partial charge >= 0.3 is 5.97 Å². The second-order valence-corrected chi connectivity index (χ2v) is 10.0.